The molecule has 2 aliphatic rings. The number of carbonyl (C=O) groups is 5. The lowest BCUT2D eigenvalue weighted by atomic mass is 10.0. The average molecular weight is 473 g/mol. The summed E-state index contributed by atoms with van der Waals surface area (Å²) in [6.45, 7) is 2.82. The minimum Gasteiger partial charge on any atom is -0.456 e. The van der Waals surface area contributed by atoms with Crippen LogP contribution >= 0.6 is 21.6 Å². The van der Waals surface area contributed by atoms with E-state index in [1.165, 1.54) is 21.6 Å². The summed E-state index contributed by atoms with van der Waals surface area (Å²) in [4.78, 5) is 62.1. The Morgan fingerprint density at radius 2 is 1.74 bits per heavy atom. The molecule has 1 fully saturated rings. The molecule has 172 valence electrons. The van der Waals surface area contributed by atoms with E-state index in [-0.39, 0.29) is 31.2 Å². The largest absolute Gasteiger partial charge is 0.456 e. The summed E-state index contributed by atoms with van der Waals surface area (Å²) < 4.78 is 5.33. The molecule has 0 radical (unpaired) electrons. The highest BCUT2D eigenvalue weighted by atomic mass is 33.1. The van der Waals surface area contributed by atoms with E-state index < -0.39 is 47.8 Å². The van der Waals surface area contributed by atoms with Crippen molar-refractivity contribution in [1.29, 1.82) is 0 Å². The van der Waals surface area contributed by atoms with Gasteiger partial charge in [-0.15, -0.1) is 0 Å². The number of fused-ring (bicyclic) bond motifs is 7. The molecule has 0 aromatic rings. The highest BCUT2D eigenvalue weighted by molar-refractivity contribution is 8.76. The van der Waals surface area contributed by atoms with E-state index in [9.17, 15) is 24.0 Å². The SMILES string of the molecule is CC(C)C1NC(=O)CC2/C=C/CCSSCC(NC1=O)C(=O)NCC(=O)NCC(=O)O2. The summed E-state index contributed by atoms with van der Waals surface area (Å²) in [5.41, 5.74) is 0. The van der Waals surface area contributed by atoms with Gasteiger partial charge in [-0.1, -0.05) is 41.5 Å². The van der Waals surface area contributed by atoms with Gasteiger partial charge in [-0.3, -0.25) is 24.0 Å². The number of allylic oxidation sites excluding steroid dienone is 1. The molecule has 2 heterocycles. The lowest BCUT2D eigenvalue weighted by molar-refractivity contribution is -0.148. The zero-order valence-electron chi connectivity index (χ0n) is 17.5. The van der Waals surface area contributed by atoms with Crippen LogP contribution in [0.4, 0.5) is 0 Å². The fourth-order valence-electron chi connectivity index (χ4n) is 2.82. The first-order valence-electron chi connectivity index (χ1n) is 10.0. The minimum absolute atomic E-state index is 0.168. The summed E-state index contributed by atoms with van der Waals surface area (Å²) in [6, 6.07) is -1.76. The zero-order chi connectivity index (χ0) is 22.8. The van der Waals surface area contributed by atoms with Crippen molar-refractivity contribution in [3.8, 4) is 0 Å². The van der Waals surface area contributed by atoms with Crippen molar-refractivity contribution in [3.63, 3.8) is 0 Å². The molecular weight excluding hydrogens is 444 g/mol. The number of hydrogen-bond donors (Lipinski definition) is 4. The van der Waals surface area contributed by atoms with Crippen LogP contribution in [0.15, 0.2) is 12.2 Å². The van der Waals surface area contributed by atoms with Crippen LogP contribution in [0.3, 0.4) is 0 Å². The maximum atomic E-state index is 12.9. The van der Waals surface area contributed by atoms with Gasteiger partial charge in [0.1, 0.15) is 24.7 Å². The van der Waals surface area contributed by atoms with Gasteiger partial charge >= 0.3 is 5.97 Å². The van der Waals surface area contributed by atoms with Gasteiger partial charge in [-0.2, -0.15) is 0 Å². The number of ether oxygens (including phenoxy) is 1. The summed E-state index contributed by atoms with van der Waals surface area (Å²) in [6.07, 6.45) is 3.13. The molecule has 0 spiro atoms. The summed E-state index contributed by atoms with van der Waals surface area (Å²) in [5, 5.41) is 10.2. The van der Waals surface area contributed by atoms with Gasteiger partial charge in [-0.25, -0.2) is 0 Å². The maximum absolute atomic E-state index is 12.9. The van der Waals surface area contributed by atoms with E-state index >= 15 is 0 Å². The van der Waals surface area contributed by atoms with Crippen molar-refractivity contribution in [2.75, 3.05) is 24.6 Å². The van der Waals surface area contributed by atoms with E-state index in [1.807, 2.05) is 6.08 Å². The van der Waals surface area contributed by atoms with Gasteiger partial charge < -0.3 is 26.0 Å². The van der Waals surface area contributed by atoms with Crippen molar-refractivity contribution in [2.45, 2.75) is 44.9 Å². The Bertz CT molecular complexity index is 730. The van der Waals surface area contributed by atoms with Crippen LogP contribution in [-0.4, -0.2) is 72.4 Å². The van der Waals surface area contributed by atoms with E-state index in [0.717, 1.165) is 5.75 Å². The van der Waals surface area contributed by atoms with Crippen LogP contribution in [0.1, 0.15) is 26.7 Å². The number of carbonyl (C=O) groups excluding carboxylic acids is 5. The average Bonchev–Trinajstić information content (AvgIpc) is 2.71. The molecule has 12 heteroatoms. The predicted molar refractivity (Wildman–Crippen MR) is 118 cm³/mol. The van der Waals surface area contributed by atoms with Gasteiger partial charge in [-0.05, 0) is 18.4 Å². The Kier molecular flexibility index (Phi) is 10.2. The Labute approximate surface area is 188 Å². The van der Waals surface area contributed by atoms with E-state index in [1.54, 1.807) is 19.9 Å². The van der Waals surface area contributed by atoms with Crippen molar-refractivity contribution >= 4 is 51.2 Å². The molecule has 10 nitrogen and oxygen atoms in total. The molecule has 2 bridgehead atoms. The van der Waals surface area contributed by atoms with Crippen LogP contribution < -0.4 is 21.3 Å². The van der Waals surface area contributed by atoms with Crippen molar-refractivity contribution in [2.24, 2.45) is 5.92 Å². The molecule has 4 N–H and O–H groups in total. The fourth-order valence-corrected chi connectivity index (χ4v) is 4.97. The highest BCUT2D eigenvalue weighted by Crippen LogP contribution is 2.23. The number of nitrogens with one attached hydrogen (secondary N) is 4. The monoisotopic (exact) mass is 472 g/mol. The molecule has 2 rings (SSSR count). The Balaban J connectivity index is 2.36. The number of rotatable bonds is 1. The first-order chi connectivity index (χ1) is 14.8. The third-order valence-corrected chi connectivity index (χ3v) is 6.90. The van der Waals surface area contributed by atoms with Crippen LogP contribution in [0.25, 0.3) is 0 Å². The lowest BCUT2D eigenvalue weighted by Crippen LogP contribution is -2.57. The Morgan fingerprint density at radius 3 is 2.48 bits per heavy atom. The Morgan fingerprint density at radius 1 is 0.968 bits per heavy atom. The third kappa shape index (κ3) is 8.82. The van der Waals surface area contributed by atoms with Crippen LogP contribution in [0, 0.1) is 5.92 Å². The molecular formula is C19H28N4O6S2. The van der Waals surface area contributed by atoms with Gasteiger partial charge in [0.2, 0.25) is 23.6 Å². The number of amides is 4. The summed E-state index contributed by atoms with van der Waals surface area (Å²) >= 11 is 0. The van der Waals surface area contributed by atoms with Gasteiger partial charge in [0.05, 0.1) is 13.0 Å². The minimum atomic E-state index is -0.887. The lowest BCUT2D eigenvalue weighted by Gasteiger charge is -2.26. The molecule has 4 amide bonds. The first kappa shape index (κ1) is 25.1. The molecule has 0 aromatic carbocycles. The Hall–Kier alpha value is -2.21. The molecule has 0 aliphatic carbocycles. The van der Waals surface area contributed by atoms with Gasteiger partial charge in [0.25, 0.3) is 0 Å². The van der Waals surface area contributed by atoms with Crippen molar-refractivity contribution in [3.05, 3.63) is 12.2 Å². The molecule has 0 saturated carbocycles. The molecule has 2 aliphatic heterocycles. The molecule has 1 saturated heterocycles. The molecule has 31 heavy (non-hydrogen) atoms. The van der Waals surface area contributed by atoms with Crippen LogP contribution in [0.5, 0.6) is 0 Å². The smallest absolute Gasteiger partial charge is 0.326 e. The third-order valence-electron chi connectivity index (χ3n) is 4.46. The molecule has 3 unspecified atom stereocenters. The van der Waals surface area contributed by atoms with Gasteiger partial charge in [0.15, 0.2) is 0 Å². The van der Waals surface area contributed by atoms with Crippen molar-refractivity contribution in [1.82, 2.24) is 21.3 Å². The highest BCUT2D eigenvalue weighted by Gasteiger charge is 2.30. The normalized spacial score (nSPS) is 28.5. The van der Waals surface area contributed by atoms with Crippen LogP contribution in [0.2, 0.25) is 0 Å². The number of hydrogen-bond acceptors (Lipinski definition) is 8. The van der Waals surface area contributed by atoms with E-state index in [2.05, 4.69) is 21.3 Å². The second-order valence-corrected chi connectivity index (χ2v) is 10.0. The summed E-state index contributed by atoms with van der Waals surface area (Å²) in [5.74, 6) is -1.99. The number of esters is 1. The van der Waals surface area contributed by atoms with Crippen molar-refractivity contribution < 1.29 is 28.7 Å². The first-order valence-corrected chi connectivity index (χ1v) is 12.5. The van der Waals surface area contributed by atoms with Crippen LogP contribution in [-0.2, 0) is 28.7 Å². The second kappa shape index (κ2) is 12.6. The second-order valence-electron chi connectivity index (χ2n) is 7.40. The summed E-state index contributed by atoms with van der Waals surface area (Å²) in [7, 11) is 2.96. The van der Waals surface area contributed by atoms with Gasteiger partial charge in [0, 0.05) is 11.5 Å². The van der Waals surface area contributed by atoms with E-state index in [4.69, 9.17) is 4.74 Å². The fraction of sp³-hybridized carbons (Fsp3) is 0.632. The molecule has 0 aromatic heterocycles. The zero-order valence-corrected chi connectivity index (χ0v) is 19.1. The van der Waals surface area contributed by atoms with E-state index in [0.29, 0.717) is 6.42 Å². The maximum Gasteiger partial charge on any atom is 0.326 e. The topological polar surface area (TPSA) is 143 Å². The standard InChI is InChI=1S/C19H28N4O6S2/c1-11(2)17-19(28)22-13-10-31-30-6-4-3-5-12(7-14(24)23-17)29-16(26)9-20-15(25)8-21-18(13)27/h3,5,11-13,17H,4,6-10H2,1-2H3,(H,20,25)(H,21,27)(H,22,28)(H,23,24)/b5-3+. The molecule has 3 atom stereocenters. The quantitative estimate of drug-likeness (QED) is 0.227. The predicted octanol–water partition coefficient (Wildman–Crippen LogP) is -0.499.